The van der Waals surface area contributed by atoms with Crippen molar-refractivity contribution in [3.8, 4) is 0 Å². The van der Waals surface area contributed by atoms with E-state index < -0.39 is 23.4 Å². The number of hydrogen-bond acceptors (Lipinski definition) is 5. The molecule has 3 saturated carbocycles. The fourth-order valence-electron chi connectivity index (χ4n) is 7.60. The van der Waals surface area contributed by atoms with Gasteiger partial charge in [0.15, 0.2) is 11.6 Å². The first-order chi connectivity index (χ1) is 11.7. The van der Waals surface area contributed by atoms with E-state index in [1.54, 1.807) is 0 Å². The predicted molar refractivity (Wildman–Crippen MR) is 89.2 cm³/mol. The normalized spacial score (nSPS) is 58.8. The number of rotatable bonds is 0. The lowest BCUT2D eigenvalue weighted by Crippen LogP contribution is -2.69. The van der Waals surface area contributed by atoms with Gasteiger partial charge in [-0.15, -0.1) is 0 Å². The molecule has 9 atom stereocenters. The third-order valence-corrected chi connectivity index (χ3v) is 8.47. The Morgan fingerprint density at radius 1 is 1.20 bits per heavy atom. The quantitative estimate of drug-likeness (QED) is 0.576. The van der Waals surface area contributed by atoms with Crippen LogP contribution in [0.15, 0.2) is 12.2 Å². The number of aliphatic hydroxyl groups excluding tert-OH is 2. The van der Waals surface area contributed by atoms with Crippen molar-refractivity contribution in [2.75, 3.05) is 0 Å². The van der Waals surface area contributed by atoms with E-state index in [-0.39, 0.29) is 41.0 Å². The molecule has 4 bridgehead atoms. The second-order valence-electron chi connectivity index (χ2n) is 9.78. The highest BCUT2D eigenvalue weighted by atomic mass is 16.7. The first kappa shape index (κ1) is 16.4. The predicted octanol–water partition coefficient (Wildman–Crippen LogP) is 1.40. The minimum absolute atomic E-state index is 0.123. The maximum absolute atomic E-state index is 13.2. The van der Waals surface area contributed by atoms with Gasteiger partial charge in [0.2, 0.25) is 0 Å². The number of hydrogen-bond donors (Lipinski definition) is 3. The van der Waals surface area contributed by atoms with E-state index in [4.69, 9.17) is 4.74 Å². The van der Waals surface area contributed by atoms with E-state index in [0.29, 0.717) is 12.0 Å². The highest BCUT2D eigenvalue weighted by Crippen LogP contribution is 2.70. The van der Waals surface area contributed by atoms with Gasteiger partial charge in [0.25, 0.3) is 0 Å². The summed E-state index contributed by atoms with van der Waals surface area (Å²) in [5.74, 6) is -2.65. The molecule has 0 unspecified atom stereocenters. The van der Waals surface area contributed by atoms with Crippen molar-refractivity contribution in [1.82, 2.24) is 0 Å². The van der Waals surface area contributed by atoms with Crippen LogP contribution in [-0.4, -0.2) is 45.2 Å². The number of ether oxygens (including phenoxy) is 1. The van der Waals surface area contributed by atoms with E-state index in [9.17, 15) is 20.1 Å². The summed E-state index contributed by atoms with van der Waals surface area (Å²) in [4.78, 5) is 13.2. The molecule has 5 heteroatoms. The van der Waals surface area contributed by atoms with Gasteiger partial charge in [-0.25, -0.2) is 0 Å². The largest absolute Gasteiger partial charge is 0.391 e. The lowest BCUT2D eigenvalue weighted by molar-refractivity contribution is -0.347. The third kappa shape index (κ3) is 1.55. The number of carbonyl (C=O) groups excluding carboxylic acids is 1. The molecule has 2 heterocycles. The van der Waals surface area contributed by atoms with Crippen molar-refractivity contribution >= 4 is 5.78 Å². The van der Waals surface area contributed by atoms with Crippen molar-refractivity contribution in [2.24, 2.45) is 34.5 Å². The summed E-state index contributed by atoms with van der Waals surface area (Å²) in [6.45, 7) is 8.16. The Morgan fingerprint density at radius 3 is 2.64 bits per heavy atom. The third-order valence-electron chi connectivity index (χ3n) is 8.47. The second-order valence-corrected chi connectivity index (χ2v) is 9.78. The molecule has 0 aromatic carbocycles. The van der Waals surface area contributed by atoms with Crippen molar-refractivity contribution in [2.45, 2.75) is 70.1 Å². The molecule has 0 radical (unpaired) electrons. The van der Waals surface area contributed by atoms with Gasteiger partial charge in [0.05, 0.1) is 17.6 Å². The molecule has 25 heavy (non-hydrogen) atoms. The van der Waals surface area contributed by atoms with E-state index in [0.717, 1.165) is 25.7 Å². The molecular formula is C20H28O5. The van der Waals surface area contributed by atoms with Crippen LogP contribution in [0, 0.1) is 34.5 Å². The molecule has 1 spiro atoms. The number of aliphatic hydroxyl groups is 3. The van der Waals surface area contributed by atoms with Crippen LogP contribution in [0.4, 0.5) is 0 Å². The van der Waals surface area contributed by atoms with Crippen LogP contribution in [-0.2, 0) is 9.53 Å². The first-order valence-corrected chi connectivity index (χ1v) is 9.67. The molecule has 3 N–H and O–H groups in total. The van der Waals surface area contributed by atoms with Gasteiger partial charge in [-0.2, -0.15) is 0 Å². The Kier molecular flexibility index (Phi) is 2.99. The Morgan fingerprint density at radius 2 is 1.92 bits per heavy atom. The molecule has 138 valence electrons. The summed E-state index contributed by atoms with van der Waals surface area (Å²) >= 11 is 0. The van der Waals surface area contributed by atoms with Gasteiger partial charge in [-0.05, 0) is 42.6 Å². The maximum atomic E-state index is 13.2. The van der Waals surface area contributed by atoms with Gasteiger partial charge in [-0.1, -0.05) is 26.8 Å². The standard InChI is InChI=1S/C20H28O5/c1-9-10-6-7-12-13-11-5-4-8-18(2,3)14(11)20(24,25-13)17(23)19(12,15(9)21)16(10)22/h10-14,16-17,22-24H,1,4-8H2,2-3H3/t10-,11+,12+,13-,14-,16+,17+,19-,20-/m0/s1. The van der Waals surface area contributed by atoms with Crippen LogP contribution in [0.5, 0.6) is 0 Å². The Hall–Kier alpha value is -0.750. The fourth-order valence-corrected chi connectivity index (χ4v) is 7.60. The number of Topliss-reactive ketones (excluding diaryl/α,β-unsaturated/α-hetero) is 1. The minimum Gasteiger partial charge on any atom is -0.391 e. The molecule has 0 aromatic heterocycles. The number of fused-ring (bicyclic) bond motifs is 7. The van der Waals surface area contributed by atoms with E-state index >= 15 is 0 Å². The second kappa shape index (κ2) is 4.56. The molecule has 2 saturated heterocycles. The smallest absolute Gasteiger partial charge is 0.197 e. The van der Waals surface area contributed by atoms with Gasteiger partial charge in [-0.3, -0.25) is 4.79 Å². The van der Waals surface area contributed by atoms with Gasteiger partial charge < -0.3 is 20.1 Å². The first-order valence-electron chi connectivity index (χ1n) is 9.67. The summed E-state index contributed by atoms with van der Waals surface area (Å²) in [6, 6.07) is 0. The summed E-state index contributed by atoms with van der Waals surface area (Å²) in [7, 11) is 0. The van der Waals surface area contributed by atoms with Crippen LogP contribution >= 0.6 is 0 Å². The van der Waals surface area contributed by atoms with Gasteiger partial charge >= 0.3 is 0 Å². The zero-order chi connectivity index (χ0) is 17.9. The molecule has 5 nitrogen and oxygen atoms in total. The van der Waals surface area contributed by atoms with Gasteiger partial charge in [0.1, 0.15) is 6.10 Å². The van der Waals surface area contributed by atoms with Crippen molar-refractivity contribution in [3.63, 3.8) is 0 Å². The Labute approximate surface area is 148 Å². The van der Waals surface area contributed by atoms with E-state index in [1.165, 1.54) is 0 Å². The van der Waals surface area contributed by atoms with Gasteiger partial charge in [0, 0.05) is 17.8 Å². The van der Waals surface area contributed by atoms with Crippen molar-refractivity contribution in [3.05, 3.63) is 12.2 Å². The highest BCUT2D eigenvalue weighted by molar-refractivity contribution is 6.04. The molecule has 2 aliphatic heterocycles. The van der Waals surface area contributed by atoms with Crippen molar-refractivity contribution in [1.29, 1.82) is 0 Å². The van der Waals surface area contributed by atoms with Crippen LogP contribution in [0.25, 0.3) is 0 Å². The minimum atomic E-state index is -1.76. The summed E-state index contributed by atoms with van der Waals surface area (Å²) in [5, 5.41) is 33.9. The Bertz CT molecular complexity index is 671. The molecular weight excluding hydrogens is 320 g/mol. The maximum Gasteiger partial charge on any atom is 0.197 e. The number of carbonyl (C=O) groups is 1. The molecule has 0 amide bonds. The van der Waals surface area contributed by atoms with E-state index in [1.807, 2.05) is 0 Å². The van der Waals surface area contributed by atoms with Crippen molar-refractivity contribution < 1.29 is 24.9 Å². The molecule has 5 fully saturated rings. The van der Waals surface area contributed by atoms with Crippen LogP contribution in [0.2, 0.25) is 0 Å². The summed E-state index contributed by atoms with van der Waals surface area (Å²) < 4.78 is 6.14. The lowest BCUT2D eigenvalue weighted by atomic mass is 9.58. The Balaban J connectivity index is 1.72. The number of ketones is 1. The summed E-state index contributed by atoms with van der Waals surface area (Å²) in [5.41, 5.74) is -1.10. The summed E-state index contributed by atoms with van der Waals surface area (Å²) in [6.07, 6.45) is 1.74. The average Bonchev–Trinajstić information content (AvgIpc) is 2.88. The topological polar surface area (TPSA) is 87.0 Å². The van der Waals surface area contributed by atoms with Crippen LogP contribution < -0.4 is 0 Å². The molecule has 5 rings (SSSR count). The molecule has 5 aliphatic rings. The molecule has 3 aliphatic carbocycles. The fraction of sp³-hybridized carbons (Fsp3) is 0.850. The van der Waals surface area contributed by atoms with E-state index in [2.05, 4.69) is 20.4 Å². The molecule has 0 aromatic rings. The SMILES string of the molecule is C=C1C(=O)[C@]23[C@H](O)[C@H]1CC[C@@H]2[C@H]1O[C@@](O)([C@H]2[C@@H]1CCCC2(C)C)[C@@H]3O. The zero-order valence-corrected chi connectivity index (χ0v) is 14.9. The average molecular weight is 348 g/mol. The lowest BCUT2D eigenvalue weighted by Gasteiger charge is -2.55. The highest BCUT2D eigenvalue weighted by Gasteiger charge is 2.80. The monoisotopic (exact) mass is 348 g/mol. The zero-order valence-electron chi connectivity index (χ0n) is 14.9. The van der Waals surface area contributed by atoms with Crippen LogP contribution in [0.3, 0.4) is 0 Å². The van der Waals surface area contributed by atoms with Crippen LogP contribution in [0.1, 0.15) is 46.0 Å².